The molecule has 23 heavy (non-hydrogen) atoms. The molecule has 124 valence electrons. The predicted molar refractivity (Wildman–Crippen MR) is 86.1 cm³/mol. The number of likely N-dealkylation sites (tertiary alicyclic amines) is 1. The van der Waals surface area contributed by atoms with Crippen molar-refractivity contribution in [3.63, 3.8) is 0 Å². The van der Waals surface area contributed by atoms with Crippen LogP contribution in [-0.4, -0.2) is 41.9 Å². The summed E-state index contributed by atoms with van der Waals surface area (Å²) in [5, 5.41) is 2.62. The number of carbonyl (C=O) groups is 3. The average Bonchev–Trinajstić information content (AvgIpc) is 2.55. The van der Waals surface area contributed by atoms with Gasteiger partial charge >= 0.3 is 5.97 Å². The Morgan fingerprint density at radius 2 is 1.70 bits per heavy atom. The molecule has 0 bridgehead atoms. The molecule has 0 saturated carbocycles. The highest BCUT2D eigenvalue weighted by atomic mass is 16.5. The van der Waals surface area contributed by atoms with Crippen molar-refractivity contribution in [3.05, 3.63) is 29.8 Å². The molecule has 0 aliphatic carbocycles. The van der Waals surface area contributed by atoms with Gasteiger partial charge in [-0.05, 0) is 50.5 Å². The van der Waals surface area contributed by atoms with Crippen LogP contribution in [0.2, 0.25) is 0 Å². The van der Waals surface area contributed by atoms with E-state index in [4.69, 9.17) is 4.74 Å². The van der Waals surface area contributed by atoms with Crippen LogP contribution in [-0.2, 0) is 14.3 Å². The molecule has 0 unspecified atom stereocenters. The van der Waals surface area contributed by atoms with Crippen LogP contribution in [0.15, 0.2) is 24.3 Å². The fourth-order valence-electron chi connectivity index (χ4n) is 2.54. The number of anilines is 1. The lowest BCUT2D eigenvalue weighted by Gasteiger charge is -2.28. The SMILES string of the molecule is CC(=O)Nc1ccc(C(=O)O[C@H](C)C(=O)N2CCCCC2)cc1. The van der Waals surface area contributed by atoms with Crippen molar-refractivity contribution in [3.8, 4) is 0 Å². The van der Waals surface area contributed by atoms with Crippen LogP contribution < -0.4 is 5.32 Å². The number of esters is 1. The third-order valence-electron chi connectivity index (χ3n) is 3.74. The van der Waals surface area contributed by atoms with Gasteiger partial charge in [0.2, 0.25) is 5.91 Å². The third kappa shape index (κ3) is 4.81. The quantitative estimate of drug-likeness (QED) is 0.864. The minimum Gasteiger partial charge on any atom is -0.449 e. The van der Waals surface area contributed by atoms with E-state index in [9.17, 15) is 14.4 Å². The summed E-state index contributed by atoms with van der Waals surface area (Å²) in [6.07, 6.45) is 2.34. The first-order valence-electron chi connectivity index (χ1n) is 7.85. The van der Waals surface area contributed by atoms with Crippen molar-refractivity contribution in [2.75, 3.05) is 18.4 Å². The maximum atomic E-state index is 12.2. The van der Waals surface area contributed by atoms with Gasteiger partial charge in [0.05, 0.1) is 5.56 Å². The summed E-state index contributed by atoms with van der Waals surface area (Å²) in [5.41, 5.74) is 0.948. The van der Waals surface area contributed by atoms with Crippen LogP contribution in [0.1, 0.15) is 43.5 Å². The molecule has 0 aromatic heterocycles. The number of rotatable bonds is 4. The Bertz CT molecular complexity index is 577. The summed E-state index contributed by atoms with van der Waals surface area (Å²) < 4.78 is 5.25. The third-order valence-corrected chi connectivity index (χ3v) is 3.74. The number of amides is 2. The van der Waals surface area contributed by atoms with Crippen LogP contribution in [0, 0.1) is 0 Å². The molecule has 6 heteroatoms. The van der Waals surface area contributed by atoms with Gasteiger partial charge in [0.1, 0.15) is 0 Å². The molecule has 0 spiro atoms. The molecule has 1 aliphatic rings. The standard InChI is InChI=1S/C17H22N2O4/c1-12(16(21)19-10-4-3-5-11-19)23-17(22)14-6-8-15(9-7-14)18-13(2)20/h6-9,12H,3-5,10-11H2,1-2H3,(H,18,20)/t12-/m1/s1. The molecule has 2 rings (SSSR count). The molecule has 1 heterocycles. The first-order valence-corrected chi connectivity index (χ1v) is 7.85. The van der Waals surface area contributed by atoms with E-state index in [1.54, 1.807) is 36.1 Å². The van der Waals surface area contributed by atoms with Crippen molar-refractivity contribution < 1.29 is 19.1 Å². The van der Waals surface area contributed by atoms with Crippen LogP contribution in [0.4, 0.5) is 5.69 Å². The molecule has 1 atom stereocenters. The molecular formula is C17H22N2O4. The molecule has 6 nitrogen and oxygen atoms in total. The maximum Gasteiger partial charge on any atom is 0.338 e. The largest absolute Gasteiger partial charge is 0.449 e. The molecule has 1 fully saturated rings. The Morgan fingerprint density at radius 1 is 1.09 bits per heavy atom. The van der Waals surface area contributed by atoms with Gasteiger partial charge < -0.3 is 15.0 Å². The fraction of sp³-hybridized carbons (Fsp3) is 0.471. The Morgan fingerprint density at radius 3 is 2.26 bits per heavy atom. The van der Waals surface area contributed by atoms with E-state index in [1.807, 2.05) is 0 Å². The highest BCUT2D eigenvalue weighted by molar-refractivity contribution is 5.93. The zero-order chi connectivity index (χ0) is 16.8. The van der Waals surface area contributed by atoms with Gasteiger partial charge in [0.15, 0.2) is 6.10 Å². The first kappa shape index (κ1) is 17.0. The van der Waals surface area contributed by atoms with Gasteiger partial charge in [-0.25, -0.2) is 4.79 Å². The van der Waals surface area contributed by atoms with Crippen LogP contribution in [0.25, 0.3) is 0 Å². The zero-order valence-electron chi connectivity index (χ0n) is 13.5. The van der Waals surface area contributed by atoms with E-state index in [0.717, 1.165) is 32.4 Å². The Hall–Kier alpha value is -2.37. The highest BCUT2D eigenvalue weighted by Gasteiger charge is 2.25. The molecular weight excluding hydrogens is 296 g/mol. The lowest BCUT2D eigenvalue weighted by molar-refractivity contribution is -0.140. The molecule has 1 aromatic carbocycles. The van der Waals surface area contributed by atoms with Gasteiger partial charge in [0.25, 0.3) is 5.91 Å². The number of nitrogens with one attached hydrogen (secondary N) is 1. The zero-order valence-corrected chi connectivity index (χ0v) is 13.5. The van der Waals surface area contributed by atoms with E-state index in [2.05, 4.69) is 5.32 Å². The summed E-state index contributed by atoms with van der Waals surface area (Å²) in [5.74, 6) is -0.869. The lowest BCUT2D eigenvalue weighted by Crippen LogP contribution is -2.42. The topological polar surface area (TPSA) is 75.7 Å². The van der Waals surface area contributed by atoms with Crippen molar-refractivity contribution in [2.24, 2.45) is 0 Å². The maximum absolute atomic E-state index is 12.2. The van der Waals surface area contributed by atoms with Crippen molar-refractivity contribution in [1.82, 2.24) is 4.90 Å². The molecule has 1 aliphatic heterocycles. The molecule has 2 amide bonds. The van der Waals surface area contributed by atoms with E-state index in [1.165, 1.54) is 6.92 Å². The van der Waals surface area contributed by atoms with Crippen molar-refractivity contribution >= 4 is 23.5 Å². The number of benzene rings is 1. The Kier molecular flexibility index (Phi) is 5.73. The summed E-state index contributed by atoms with van der Waals surface area (Å²) in [6, 6.07) is 6.36. The van der Waals surface area contributed by atoms with Crippen molar-refractivity contribution in [2.45, 2.75) is 39.2 Å². The van der Waals surface area contributed by atoms with E-state index >= 15 is 0 Å². The summed E-state index contributed by atoms with van der Waals surface area (Å²) in [7, 11) is 0. The number of piperidine rings is 1. The molecule has 1 aromatic rings. The number of ether oxygens (including phenoxy) is 1. The minimum atomic E-state index is -0.796. The van der Waals surface area contributed by atoms with E-state index < -0.39 is 12.1 Å². The minimum absolute atomic E-state index is 0.145. The van der Waals surface area contributed by atoms with E-state index in [0.29, 0.717) is 11.3 Å². The van der Waals surface area contributed by atoms with Gasteiger partial charge in [-0.1, -0.05) is 0 Å². The number of nitrogens with zero attached hydrogens (tertiary/aromatic N) is 1. The second-order valence-electron chi connectivity index (χ2n) is 5.69. The number of hydrogen-bond acceptors (Lipinski definition) is 4. The average molecular weight is 318 g/mol. The van der Waals surface area contributed by atoms with Crippen LogP contribution >= 0.6 is 0 Å². The lowest BCUT2D eigenvalue weighted by atomic mass is 10.1. The first-order chi connectivity index (χ1) is 11.0. The summed E-state index contributed by atoms with van der Waals surface area (Å²) in [6.45, 7) is 4.47. The fourth-order valence-corrected chi connectivity index (χ4v) is 2.54. The second kappa shape index (κ2) is 7.76. The van der Waals surface area contributed by atoms with Crippen LogP contribution in [0.3, 0.4) is 0 Å². The van der Waals surface area contributed by atoms with Crippen LogP contribution in [0.5, 0.6) is 0 Å². The molecule has 1 saturated heterocycles. The Balaban J connectivity index is 1.92. The van der Waals surface area contributed by atoms with E-state index in [-0.39, 0.29) is 11.8 Å². The Labute approximate surface area is 135 Å². The number of hydrogen-bond donors (Lipinski definition) is 1. The van der Waals surface area contributed by atoms with Gasteiger partial charge in [0, 0.05) is 25.7 Å². The van der Waals surface area contributed by atoms with Crippen molar-refractivity contribution in [1.29, 1.82) is 0 Å². The highest BCUT2D eigenvalue weighted by Crippen LogP contribution is 2.14. The normalized spacial score (nSPS) is 15.7. The van der Waals surface area contributed by atoms with Gasteiger partial charge in [-0.3, -0.25) is 9.59 Å². The summed E-state index contributed by atoms with van der Waals surface area (Å²) >= 11 is 0. The molecule has 1 N–H and O–H groups in total. The number of carbonyl (C=O) groups excluding carboxylic acids is 3. The summed E-state index contributed by atoms with van der Waals surface area (Å²) in [4.78, 5) is 37.0. The van der Waals surface area contributed by atoms with Gasteiger partial charge in [-0.15, -0.1) is 0 Å². The van der Waals surface area contributed by atoms with Gasteiger partial charge in [-0.2, -0.15) is 0 Å². The monoisotopic (exact) mass is 318 g/mol. The predicted octanol–water partition coefficient (Wildman–Crippen LogP) is 2.20. The smallest absolute Gasteiger partial charge is 0.338 e. The second-order valence-corrected chi connectivity index (χ2v) is 5.69. The molecule has 0 radical (unpaired) electrons.